The highest BCUT2D eigenvalue weighted by Crippen LogP contribution is 2.24. The summed E-state index contributed by atoms with van der Waals surface area (Å²) in [6, 6.07) is 17.9. The molecule has 0 spiro atoms. The van der Waals surface area contributed by atoms with Gasteiger partial charge in [0.05, 0.1) is 19.3 Å². The Morgan fingerprint density at radius 3 is 2.65 bits per heavy atom. The van der Waals surface area contributed by atoms with Gasteiger partial charge in [0.2, 0.25) is 5.91 Å². The molecule has 0 radical (unpaired) electrons. The molecular weight excluding hydrogens is 392 g/mol. The molecule has 2 aromatic carbocycles. The molecule has 2 aromatic rings. The Hall–Kier alpha value is -1.95. The Labute approximate surface area is 163 Å². The number of hydrogen-bond donors (Lipinski definition) is 0. The summed E-state index contributed by atoms with van der Waals surface area (Å²) in [4.78, 5) is 16.8. The van der Waals surface area contributed by atoms with Crippen LogP contribution in [0.25, 0.3) is 0 Å². The van der Waals surface area contributed by atoms with Crippen LogP contribution in [-0.2, 0) is 9.53 Å². The molecule has 0 N–H and O–H groups in total. The lowest BCUT2D eigenvalue weighted by atomic mass is 10.1. The zero-order valence-corrected chi connectivity index (χ0v) is 16.3. The van der Waals surface area contributed by atoms with Crippen molar-refractivity contribution in [3.05, 3.63) is 77.3 Å². The Kier molecular flexibility index (Phi) is 6.61. The number of benzene rings is 2. The van der Waals surface area contributed by atoms with Gasteiger partial charge in [-0.3, -0.25) is 9.69 Å². The maximum atomic E-state index is 12.9. The third-order valence-electron chi connectivity index (χ3n) is 4.43. The molecule has 1 atom stereocenters. The Balaban J connectivity index is 1.65. The van der Waals surface area contributed by atoms with E-state index in [1.165, 1.54) is 0 Å². The van der Waals surface area contributed by atoms with Crippen LogP contribution in [0.15, 0.2) is 71.7 Å². The van der Waals surface area contributed by atoms with Gasteiger partial charge in [-0.1, -0.05) is 52.3 Å². The van der Waals surface area contributed by atoms with Gasteiger partial charge in [0, 0.05) is 29.8 Å². The van der Waals surface area contributed by atoms with Crippen molar-refractivity contribution in [1.29, 1.82) is 0 Å². The van der Waals surface area contributed by atoms with Crippen LogP contribution in [0.5, 0.6) is 0 Å². The Morgan fingerprint density at radius 1 is 1.23 bits per heavy atom. The molecule has 1 saturated heterocycles. The summed E-state index contributed by atoms with van der Waals surface area (Å²) in [6.07, 6.45) is 1.75. The van der Waals surface area contributed by atoms with Crippen LogP contribution >= 0.6 is 15.9 Å². The van der Waals surface area contributed by atoms with E-state index in [2.05, 4.69) is 39.5 Å². The van der Waals surface area contributed by atoms with E-state index in [-0.39, 0.29) is 12.0 Å². The monoisotopic (exact) mass is 414 g/mol. The highest BCUT2D eigenvalue weighted by atomic mass is 79.9. The number of nitrogens with zero attached hydrogens (tertiary/aromatic N) is 2. The van der Waals surface area contributed by atoms with E-state index in [0.717, 1.165) is 22.3 Å². The fourth-order valence-electron chi connectivity index (χ4n) is 3.09. The predicted molar refractivity (Wildman–Crippen MR) is 108 cm³/mol. The first-order valence-corrected chi connectivity index (χ1v) is 9.52. The van der Waals surface area contributed by atoms with Crippen molar-refractivity contribution in [2.75, 3.05) is 37.7 Å². The quantitative estimate of drug-likeness (QED) is 0.668. The van der Waals surface area contributed by atoms with Gasteiger partial charge in [-0.15, -0.1) is 6.58 Å². The molecule has 1 fully saturated rings. The molecular formula is C21H23BrN2O2. The van der Waals surface area contributed by atoms with Gasteiger partial charge in [0.1, 0.15) is 0 Å². The third-order valence-corrected chi connectivity index (χ3v) is 4.96. The smallest absolute Gasteiger partial charge is 0.241 e. The van der Waals surface area contributed by atoms with Crippen molar-refractivity contribution in [3.8, 4) is 0 Å². The zero-order valence-electron chi connectivity index (χ0n) is 14.7. The summed E-state index contributed by atoms with van der Waals surface area (Å²) in [6.45, 7) is 6.76. The number of morpholine rings is 1. The SMILES string of the molecule is C=CCN(C(=O)CN1CCOC(c2ccc(Br)cc2)C1)c1ccccc1. The molecule has 1 aliphatic rings. The molecule has 0 aliphatic carbocycles. The molecule has 5 heteroatoms. The largest absolute Gasteiger partial charge is 0.371 e. The second-order valence-electron chi connectivity index (χ2n) is 6.27. The minimum atomic E-state index is -0.00534. The van der Waals surface area contributed by atoms with Crippen LogP contribution in [0, 0.1) is 0 Å². The molecule has 1 amide bonds. The summed E-state index contributed by atoms with van der Waals surface area (Å²) in [7, 11) is 0. The summed E-state index contributed by atoms with van der Waals surface area (Å²) in [5.41, 5.74) is 2.03. The Morgan fingerprint density at radius 2 is 1.96 bits per heavy atom. The van der Waals surface area contributed by atoms with E-state index in [4.69, 9.17) is 4.74 Å². The van der Waals surface area contributed by atoms with E-state index in [0.29, 0.717) is 26.2 Å². The maximum absolute atomic E-state index is 12.9. The fraction of sp³-hybridized carbons (Fsp3) is 0.286. The van der Waals surface area contributed by atoms with Gasteiger partial charge in [0.25, 0.3) is 0 Å². The summed E-state index contributed by atoms with van der Waals surface area (Å²) in [5, 5.41) is 0. The third kappa shape index (κ3) is 4.81. The van der Waals surface area contributed by atoms with Gasteiger partial charge in [-0.25, -0.2) is 0 Å². The number of ether oxygens (including phenoxy) is 1. The van der Waals surface area contributed by atoms with E-state index < -0.39 is 0 Å². The number of amides is 1. The van der Waals surface area contributed by atoms with Crippen molar-refractivity contribution < 1.29 is 9.53 Å². The topological polar surface area (TPSA) is 32.8 Å². The van der Waals surface area contributed by atoms with Gasteiger partial charge >= 0.3 is 0 Å². The molecule has 1 unspecified atom stereocenters. The molecule has 1 aliphatic heterocycles. The van der Waals surface area contributed by atoms with E-state index in [1.807, 2.05) is 42.5 Å². The van der Waals surface area contributed by atoms with Gasteiger partial charge in [-0.05, 0) is 29.8 Å². The number of carbonyl (C=O) groups is 1. The first kappa shape index (κ1) is 18.8. The first-order chi connectivity index (χ1) is 12.7. The average Bonchev–Trinajstić information content (AvgIpc) is 2.67. The second-order valence-corrected chi connectivity index (χ2v) is 7.19. The van der Waals surface area contributed by atoms with Gasteiger partial charge in [0.15, 0.2) is 0 Å². The highest BCUT2D eigenvalue weighted by molar-refractivity contribution is 9.10. The van der Waals surface area contributed by atoms with Crippen molar-refractivity contribution in [3.63, 3.8) is 0 Å². The normalized spacial score (nSPS) is 17.7. The number of anilines is 1. The van der Waals surface area contributed by atoms with Crippen LogP contribution in [0.3, 0.4) is 0 Å². The number of rotatable bonds is 6. The summed E-state index contributed by atoms with van der Waals surface area (Å²) >= 11 is 3.46. The van der Waals surface area contributed by atoms with Gasteiger partial charge < -0.3 is 9.64 Å². The lowest BCUT2D eigenvalue weighted by molar-refractivity contribution is -0.121. The van der Waals surface area contributed by atoms with Crippen LogP contribution in [0.2, 0.25) is 0 Å². The average molecular weight is 415 g/mol. The van der Waals surface area contributed by atoms with Crippen LogP contribution in [0.4, 0.5) is 5.69 Å². The fourth-order valence-corrected chi connectivity index (χ4v) is 3.35. The highest BCUT2D eigenvalue weighted by Gasteiger charge is 2.25. The van der Waals surface area contributed by atoms with E-state index in [9.17, 15) is 4.79 Å². The van der Waals surface area contributed by atoms with Crippen molar-refractivity contribution in [2.45, 2.75) is 6.10 Å². The first-order valence-electron chi connectivity index (χ1n) is 8.73. The number of halogens is 1. The van der Waals surface area contributed by atoms with E-state index >= 15 is 0 Å². The second kappa shape index (κ2) is 9.12. The predicted octanol–water partition coefficient (Wildman–Crippen LogP) is 4.04. The van der Waals surface area contributed by atoms with E-state index in [1.54, 1.807) is 11.0 Å². The summed E-state index contributed by atoms with van der Waals surface area (Å²) in [5.74, 6) is 0.0764. The van der Waals surface area contributed by atoms with Crippen LogP contribution < -0.4 is 4.90 Å². The molecule has 136 valence electrons. The molecule has 4 nitrogen and oxygen atoms in total. The molecule has 0 saturated carbocycles. The van der Waals surface area contributed by atoms with Crippen molar-refractivity contribution >= 4 is 27.5 Å². The number of para-hydroxylation sites is 1. The lowest BCUT2D eigenvalue weighted by Gasteiger charge is -2.34. The minimum Gasteiger partial charge on any atom is -0.371 e. The molecule has 0 aromatic heterocycles. The Bertz CT molecular complexity index is 733. The van der Waals surface area contributed by atoms with Gasteiger partial charge in [-0.2, -0.15) is 0 Å². The summed E-state index contributed by atoms with van der Waals surface area (Å²) < 4.78 is 6.96. The molecule has 3 rings (SSSR count). The van der Waals surface area contributed by atoms with Crippen molar-refractivity contribution in [1.82, 2.24) is 4.90 Å². The van der Waals surface area contributed by atoms with Crippen LogP contribution in [0.1, 0.15) is 11.7 Å². The number of carbonyl (C=O) groups excluding carboxylic acids is 1. The molecule has 0 bridgehead atoms. The lowest BCUT2D eigenvalue weighted by Crippen LogP contribution is -2.45. The zero-order chi connectivity index (χ0) is 18.4. The standard InChI is InChI=1S/C21H23BrN2O2/c1-2-12-24(19-6-4-3-5-7-19)21(25)16-23-13-14-26-20(15-23)17-8-10-18(22)11-9-17/h2-11,20H,1,12-16H2. The molecule has 1 heterocycles. The number of hydrogen-bond acceptors (Lipinski definition) is 3. The maximum Gasteiger partial charge on any atom is 0.241 e. The van der Waals surface area contributed by atoms with Crippen molar-refractivity contribution in [2.24, 2.45) is 0 Å². The minimum absolute atomic E-state index is 0.00534. The molecule has 26 heavy (non-hydrogen) atoms. The van der Waals surface area contributed by atoms with Crippen LogP contribution in [-0.4, -0.2) is 43.6 Å².